The SMILES string of the molecule is c1ccc2c(c1)nc1c3oc4ccccc4[nH]c3c3c4ccccc4nc3c21. The van der Waals surface area contributed by atoms with Crippen LogP contribution >= 0.6 is 0 Å². The third-order valence-corrected chi connectivity index (χ3v) is 5.57. The van der Waals surface area contributed by atoms with Crippen LogP contribution in [0.5, 0.6) is 0 Å². The standard InChI is InChI=1S/C24H13N3O/c1-3-9-15-13(7-1)20-21(25-15)19-14-8-2-4-10-16(14)26-22(19)24-23(20)27-17-11-5-6-12-18(17)28-24/h1-12,27H. The van der Waals surface area contributed by atoms with E-state index in [0.29, 0.717) is 0 Å². The second kappa shape index (κ2) is 4.87. The lowest BCUT2D eigenvalue weighted by atomic mass is 10.1. The predicted molar refractivity (Wildman–Crippen MR) is 114 cm³/mol. The fraction of sp³-hybridized carbons (Fsp3) is 0. The van der Waals surface area contributed by atoms with E-state index < -0.39 is 0 Å². The molecule has 4 aromatic carbocycles. The predicted octanol–water partition coefficient (Wildman–Crippen LogP) is 6.32. The van der Waals surface area contributed by atoms with Gasteiger partial charge in [0.1, 0.15) is 5.52 Å². The number of nitrogens with one attached hydrogen (secondary N) is 1. The Balaban J connectivity index is 1.90. The van der Waals surface area contributed by atoms with Crippen molar-refractivity contribution >= 4 is 65.8 Å². The Hall–Kier alpha value is -3.92. The number of rotatable bonds is 0. The first kappa shape index (κ1) is 14.2. The molecule has 0 bridgehead atoms. The number of aromatic nitrogens is 3. The van der Waals surface area contributed by atoms with Gasteiger partial charge in [0.05, 0.1) is 27.6 Å². The summed E-state index contributed by atoms with van der Waals surface area (Å²) in [4.78, 5) is 13.5. The van der Waals surface area contributed by atoms with Crippen molar-refractivity contribution in [3.8, 4) is 0 Å². The normalized spacial score (nSPS) is 12.3. The molecule has 0 radical (unpaired) electrons. The number of para-hydroxylation sites is 4. The van der Waals surface area contributed by atoms with Gasteiger partial charge in [-0.15, -0.1) is 0 Å². The Morgan fingerprint density at radius 2 is 1.29 bits per heavy atom. The smallest absolute Gasteiger partial charge is 0.178 e. The van der Waals surface area contributed by atoms with Gasteiger partial charge in [0.15, 0.2) is 11.2 Å². The summed E-state index contributed by atoms with van der Waals surface area (Å²) in [6.07, 6.45) is 0. The molecule has 0 saturated heterocycles. The highest BCUT2D eigenvalue weighted by molar-refractivity contribution is 6.33. The van der Waals surface area contributed by atoms with Crippen molar-refractivity contribution in [2.45, 2.75) is 0 Å². The number of hydrogen-bond acceptors (Lipinski definition) is 3. The first-order chi connectivity index (χ1) is 13.9. The number of aromatic amines is 1. The van der Waals surface area contributed by atoms with Gasteiger partial charge >= 0.3 is 0 Å². The molecular weight excluding hydrogens is 346 g/mol. The van der Waals surface area contributed by atoms with E-state index >= 15 is 0 Å². The lowest BCUT2D eigenvalue weighted by molar-refractivity contribution is 0.660. The molecule has 0 spiro atoms. The summed E-state index contributed by atoms with van der Waals surface area (Å²) in [5, 5.41) is 4.37. The molecule has 4 nitrogen and oxygen atoms in total. The fourth-order valence-electron chi connectivity index (χ4n) is 4.36. The molecule has 7 aromatic rings. The molecule has 0 saturated carbocycles. The Bertz CT molecular complexity index is 1720. The van der Waals surface area contributed by atoms with E-state index in [2.05, 4.69) is 29.2 Å². The van der Waals surface area contributed by atoms with Crippen molar-refractivity contribution < 1.29 is 4.42 Å². The first-order valence-corrected chi connectivity index (χ1v) is 9.28. The van der Waals surface area contributed by atoms with Crippen LogP contribution in [0.25, 0.3) is 65.8 Å². The molecule has 0 aliphatic carbocycles. The van der Waals surface area contributed by atoms with Gasteiger partial charge in [-0.3, -0.25) is 0 Å². The van der Waals surface area contributed by atoms with Crippen LogP contribution in [0.2, 0.25) is 0 Å². The number of H-pyrrole nitrogens is 1. The van der Waals surface area contributed by atoms with Gasteiger partial charge in [0, 0.05) is 21.5 Å². The maximum absolute atomic E-state index is 6.39. The molecule has 0 fully saturated rings. The van der Waals surface area contributed by atoms with E-state index in [1.54, 1.807) is 0 Å². The molecule has 0 aliphatic heterocycles. The third-order valence-electron chi connectivity index (χ3n) is 5.57. The van der Waals surface area contributed by atoms with Crippen molar-refractivity contribution in [1.29, 1.82) is 0 Å². The zero-order valence-electron chi connectivity index (χ0n) is 14.7. The Kier molecular flexibility index (Phi) is 2.46. The highest BCUT2D eigenvalue weighted by atomic mass is 16.3. The van der Waals surface area contributed by atoms with Gasteiger partial charge in [-0.05, 0) is 24.3 Å². The van der Waals surface area contributed by atoms with E-state index in [4.69, 9.17) is 14.4 Å². The molecule has 0 atom stereocenters. The van der Waals surface area contributed by atoms with Gasteiger partial charge in [-0.1, -0.05) is 48.5 Å². The van der Waals surface area contributed by atoms with Crippen LogP contribution in [0.4, 0.5) is 0 Å². The topological polar surface area (TPSA) is 54.7 Å². The number of hydrogen-bond donors (Lipinski definition) is 1. The maximum Gasteiger partial charge on any atom is 0.178 e. The summed E-state index contributed by atoms with van der Waals surface area (Å²) in [6.45, 7) is 0. The molecule has 0 aliphatic rings. The highest BCUT2D eigenvalue weighted by Gasteiger charge is 2.21. The zero-order valence-corrected chi connectivity index (χ0v) is 14.7. The van der Waals surface area contributed by atoms with Gasteiger partial charge in [0.2, 0.25) is 0 Å². The molecule has 4 heteroatoms. The van der Waals surface area contributed by atoms with Crippen molar-refractivity contribution in [2.24, 2.45) is 0 Å². The summed E-state index contributed by atoms with van der Waals surface area (Å²) in [5.41, 5.74) is 7.25. The fourth-order valence-corrected chi connectivity index (χ4v) is 4.36. The first-order valence-electron chi connectivity index (χ1n) is 9.28. The van der Waals surface area contributed by atoms with Crippen LogP contribution < -0.4 is 0 Å². The Morgan fingerprint density at radius 3 is 2.11 bits per heavy atom. The van der Waals surface area contributed by atoms with Crippen LogP contribution in [0, 0.1) is 0 Å². The van der Waals surface area contributed by atoms with Gasteiger partial charge in [-0.25, -0.2) is 9.97 Å². The highest BCUT2D eigenvalue weighted by Crippen LogP contribution is 2.41. The van der Waals surface area contributed by atoms with E-state index in [9.17, 15) is 0 Å². The average molecular weight is 359 g/mol. The summed E-state index contributed by atoms with van der Waals surface area (Å²) >= 11 is 0. The minimum atomic E-state index is 0.774. The summed E-state index contributed by atoms with van der Waals surface area (Å²) in [7, 11) is 0. The van der Waals surface area contributed by atoms with Gasteiger partial charge < -0.3 is 9.40 Å². The van der Waals surface area contributed by atoms with Crippen LogP contribution in [0.1, 0.15) is 0 Å². The van der Waals surface area contributed by atoms with Crippen LogP contribution in [0.3, 0.4) is 0 Å². The molecule has 28 heavy (non-hydrogen) atoms. The van der Waals surface area contributed by atoms with Gasteiger partial charge in [0.25, 0.3) is 0 Å². The molecule has 0 amide bonds. The Morgan fingerprint density at radius 1 is 0.643 bits per heavy atom. The number of benzene rings is 4. The quantitative estimate of drug-likeness (QED) is 0.323. The molecular formula is C24H13N3O. The summed E-state index contributed by atoms with van der Waals surface area (Å²) in [5.74, 6) is 0. The van der Waals surface area contributed by atoms with Crippen molar-refractivity contribution in [2.75, 3.05) is 0 Å². The molecule has 1 N–H and O–H groups in total. The Labute approximate surface area is 158 Å². The summed E-state index contributed by atoms with van der Waals surface area (Å²) < 4.78 is 6.39. The van der Waals surface area contributed by atoms with E-state index in [0.717, 1.165) is 65.8 Å². The monoisotopic (exact) mass is 359 g/mol. The number of nitrogens with zero attached hydrogens (tertiary/aromatic N) is 2. The third kappa shape index (κ3) is 1.65. The van der Waals surface area contributed by atoms with E-state index in [1.165, 1.54) is 0 Å². The molecule has 3 aromatic heterocycles. The van der Waals surface area contributed by atoms with Gasteiger partial charge in [-0.2, -0.15) is 0 Å². The van der Waals surface area contributed by atoms with Crippen LogP contribution in [0.15, 0.2) is 77.2 Å². The molecule has 130 valence electrons. The molecule has 7 rings (SSSR count). The van der Waals surface area contributed by atoms with Crippen molar-refractivity contribution in [3.63, 3.8) is 0 Å². The molecule has 0 unspecified atom stereocenters. The minimum Gasteiger partial charge on any atom is -0.451 e. The lowest BCUT2D eigenvalue weighted by Crippen LogP contribution is -1.86. The maximum atomic E-state index is 6.39. The second-order valence-corrected chi connectivity index (χ2v) is 7.13. The summed E-state index contributed by atoms with van der Waals surface area (Å²) in [6, 6.07) is 24.5. The van der Waals surface area contributed by atoms with Crippen molar-refractivity contribution in [1.82, 2.24) is 15.0 Å². The number of fused-ring (bicyclic) bond motifs is 11. The van der Waals surface area contributed by atoms with Crippen molar-refractivity contribution in [3.05, 3.63) is 72.8 Å². The van der Waals surface area contributed by atoms with E-state index in [1.807, 2.05) is 48.5 Å². The molecule has 3 heterocycles. The minimum absolute atomic E-state index is 0.774. The van der Waals surface area contributed by atoms with Crippen LogP contribution in [-0.2, 0) is 0 Å². The largest absolute Gasteiger partial charge is 0.451 e. The second-order valence-electron chi connectivity index (χ2n) is 7.13. The van der Waals surface area contributed by atoms with Crippen LogP contribution in [-0.4, -0.2) is 15.0 Å². The van der Waals surface area contributed by atoms with E-state index in [-0.39, 0.29) is 0 Å². The average Bonchev–Trinajstić information content (AvgIpc) is 3.31. The lowest BCUT2D eigenvalue weighted by Gasteiger charge is -2.06. The zero-order chi connectivity index (χ0) is 18.2.